The van der Waals surface area contributed by atoms with Crippen LogP contribution in [-0.2, 0) is 23.1 Å². The number of furan rings is 1. The van der Waals surface area contributed by atoms with Crippen molar-refractivity contribution in [3.63, 3.8) is 0 Å². The number of benzene rings is 1. The van der Waals surface area contributed by atoms with Gasteiger partial charge in [0.2, 0.25) is 10.0 Å². The van der Waals surface area contributed by atoms with Crippen LogP contribution >= 0.6 is 0 Å². The van der Waals surface area contributed by atoms with Crippen molar-refractivity contribution in [2.45, 2.75) is 36.9 Å². The quantitative estimate of drug-likeness (QED) is 0.615. The molecule has 150 valence electrons. The van der Waals surface area contributed by atoms with Gasteiger partial charge in [0.1, 0.15) is 5.76 Å². The van der Waals surface area contributed by atoms with E-state index in [-0.39, 0.29) is 23.4 Å². The van der Waals surface area contributed by atoms with Crippen LogP contribution in [0.2, 0.25) is 0 Å². The Balaban J connectivity index is 1.46. The molecule has 1 aliphatic carbocycles. The normalized spacial score (nSPS) is 13.9. The van der Waals surface area contributed by atoms with Gasteiger partial charge in [-0.2, -0.15) is 0 Å². The summed E-state index contributed by atoms with van der Waals surface area (Å²) >= 11 is 0. The molecule has 2 heterocycles. The van der Waals surface area contributed by atoms with Crippen LogP contribution < -0.4 is 4.72 Å². The van der Waals surface area contributed by atoms with Crippen molar-refractivity contribution in [1.82, 2.24) is 14.6 Å². The summed E-state index contributed by atoms with van der Waals surface area (Å²) in [4.78, 5) is 19.0. The van der Waals surface area contributed by atoms with Crippen LogP contribution in [0.25, 0.3) is 0 Å². The molecule has 29 heavy (non-hydrogen) atoms. The van der Waals surface area contributed by atoms with E-state index in [1.807, 2.05) is 17.0 Å². The minimum absolute atomic E-state index is 0.0661. The van der Waals surface area contributed by atoms with Gasteiger partial charge in [-0.05, 0) is 60.9 Å². The highest BCUT2D eigenvalue weighted by Crippen LogP contribution is 2.30. The molecule has 0 unspecified atom stereocenters. The maximum absolute atomic E-state index is 13.0. The van der Waals surface area contributed by atoms with Crippen LogP contribution in [0.15, 0.2) is 76.5 Å². The van der Waals surface area contributed by atoms with Crippen molar-refractivity contribution in [2.24, 2.45) is 0 Å². The SMILES string of the molecule is O=C(c1ccc(S(=O)(=O)NCc2ccco2)cc1)N(Cc1cccnc1)C1CC1. The largest absolute Gasteiger partial charge is 0.468 e. The van der Waals surface area contributed by atoms with Gasteiger partial charge in [0, 0.05) is 30.5 Å². The maximum atomic E-state index is 13.0. The standard InChI is InChI=1S/C21H21N3O4S/c25-21(24(18-7-8-18)15-16-3-1-11-22-13-16)17-5-9-20(10-6-17)29(26,27)23-14-19-4-2-12-28-19/h1-6,9-13,18,23H,7-8,14-15H2. The van der Waals surface area contributed by atoms with E-state index in [1.54, 1.807) is 36.7 Å². The first kappa shape index (κ1) is 19.4. The second-order valence-electron chi connectivity index (χ2n) is 6.95. The Morgan fingerprint density at radius 3 is 2.55 bits per heavy atom. The lowest BCUT2D eigenvalue weighted by Gasteiger charge is -2.22. The molecular weight excluding hydrogens is 390 g/mol. The Hall–Kier alpha value is -2.97. The molecule has 1 aromatic carbocycles. The third kappa shape index (κ3) is 4.72. The van der Waals surface area contributed by atoms with E-state index < -0.39 is 10.0 Å². The number of pyridine rings is 1. The molecule has 1 N–H and O–H groups in total. The molecule has 1 fully saturated rings. The molecule has 8 heteroatoms. The number of nitrogens with one attached hydrogen (secondary N) is 1. The van der Waals surface area contributed by atoms with E-state index in [0.29, 0.717) is 17.9 Å². The predicted octanol–water partition coefficient (Wildman–Crippen LogP) is 2.96. The van der Waals surface area contributed by atoms with E-state index in [1.165, 1.54) is 18.4 Å². The zero-order chi connectivity index (χ0) is 20.3. The maximum Gasteiger partial charge on any atom is 0.254 e. The highest BCUT2D eigenvalue weighted by atomic mass is 32.2. The van der Waals surface area contributed by atoms with Crippen LogP contribution in [0.3, 0.4) is 0 Å². The first-order valence-electron chi connectivity index (χ1n) is 9.35. The van der Waals surface area contributed by atoms with Crippen molar-refractivity contribution < 1.29 is 17.6 Å². The first-order chi connectivity index (χ1) is 14.0. The molecule has 1 saturated carbocycles. The van der Waals surface area contributed by atoms with Gasteiger partial charge in [0.05, 0.1) is 17.7 Å². The summed E-state index contributed by atoms with van der Waals surface area (Å²) in [5.74, 6) is 0.416. The van der Waals surface area contributed by atoms with Gasteiger partial charge in [-0.3, -0.25) is 9.78 Å². The molecule has 1 aliphatic rings. The fraction of sp³-hybridized carbons (Fsp3) is 0.238. The smallest absolute Gasteiger partial charge is 0.254 e. The Morgan fingerprint density at radius 2 is 1.93 bits per heavy atom. The van der Waals surface area contributed by atoms with Crippen molar-refractivity contribution in [3.05, 3.63) is 84.1 Å². The number of sulfonamides is 1. The van der Waals surface area contributed by atoms with Gasteiger partial charge in [0.15, 0.2) is 0 Å². The van der Waals surface area contributed by atoms with E-state index in [4.69, 9.17) is 4.42 Å². The number of rotatable bonds is 8. The molecule has 7 nitrogen and oxygen atoms in total. The van der Waals surface area contributed by atoms with Crippen LogP contribution in [0, 0.1) is 0 Å². The van der Waals surface area contributed by atoms with Crippen molar-refractivity contribution in [3.8, 4) is 0 Å². The average molecular weight is 411 g/mol. The van der Waals surface area contributed by atoms with E-state index in [9.17, 15) is 13.2 Å². The second kappa shape index (κ2) is 8.18. The number of hydrogen-bond acceptors (Lipinski definition) is 5. The molecule has 0 aliphatic heterocycles. The summed E-state index contributed by atoms with van der Waals surface area (Å²) in [6.45, 7) is 0.554. The first-order valence-corrected chi connectivity index (χ1v) is 10.8. The fourth-order valence-electron chi connectivity index (χ4n) is 3.05. The average Bonchev–Trinajstić information content (AvgIpc) is 3.45. The highest BCUT2D eigenvalue weighted by molar-refractivity contribution is 7.89. The second-order valence-corrected chi connectivity index (χ2v) is 8.72. The summed E-state index contributed by atoms with van der Waals surface area (Å²) in [5, 5.41) is 0. The summed E-state index contributed by atoms with van der Waals surface area (Å²) < 4.78 is 32.5. The minimum atomic E-state index is -3.69. The molecule has 3 aromatic rings. The van der Waals surface area contributed by atoms with E-state index in [2.05, 4.69) is 9.71 Å². The summed E-state index contributed by atoms with van der Waals surface area (Å²) in [7, 11) is -3.69. The zero-order valence-electron chi connectivity index (χ0n) is 15.7. The Morgan fingerprint density at radius 1 is 1.14 bits per heavy atom. The van der Waals surface area contributed by atoms with Gasteiger partial charge >= 0.3 is 0 Å². The van der Waals surface area contributed by atoms with E-state index in [0.717, 1.165) is 18.4 Å². The van der Waals surface area contributed by atoms with Gasteiger partial charge in [-0.1, -0.05) is 6.07 Å². The third-order valence-electron chi connectivity index (χ3n) is 4.75. The number of nitrogens with zero attached hydrogens (tertiary/aromatic N) is 2. The van der Waals surface area contributed by atoms with E-state index >= 15 is 0 Å². The molecule has 4 rings (SSSR count). The van der Waals surface area contributed by atoms with Crippen LogP contribution in [0.4, 0.5) is 0 Å². The minimum Gasteiger partial charge on any atom is -0.468 e. The molecule has 0 atom stereocenters. The lowest BCUT2D eigenvalue weighted by molar-refractivity contribution is 0.0729. The van der Waals surface area contributed by atoms with Crippen molar-refractivity contribution in [2.75, 3.05) is 0 Å². The number of amides is 1. The zero-order valence-corrected chi connectivity index (χ0v) is 16.5. The van der Waals surface area contributed by atoms with Crippen molar-refractivity contribution in [1.29, 1.82) is 0 Å². The topological polar surface area (TPSA) is 92.5 Å². The lowest BCUT2D eigenvalue weighted by atomic mass is 10.1. The number of carbonyl (C=O) groups excluding carboxylic acids is 1. The Kier molecular flexibility index (Phi) is 5.46. The number of hydrogen-bond donors (Lipinski definition) is 1. The molecular formula is C21H21N3O4S. The monoisotopic (exact) mass is 411 g/mol. The Labute approximate surface area is 169 Å². The molecule has 1 amide bonds. The van der Waals surface area contributed by atoms with Crippen LogP contribution in [0.5, 0.6) is 0 Å². The summed E-state index contributed by atoms with van der Waals surface area (Å²) in [5.41, 5.74) is 1.43. The summed E-state index contributed by atoms with van der Waals surface area (Å²) in [6, 6.07) is 13.4. The highest BCUT2D eigenvalue weighted by Gasteiger charge is 2.33. The van der Waals surface area contributed by atoms with Gasteiger partial charge < -0.3 is 9.32 Å². The van der Waals surface area contributed by atoms with Crippen molar-refractivity contribution >= 4 is 15.9 Å². The lowest BCUT2D eigenvalue weighted by Crippen LogP contribution is -2.32. The molecule has 0 radical (unpaired) electrons. The van der Waals surface area contributed by atoms with Gasteiger partial charge in [-0.15, -0.1) is 0 Å². The fourth-order valence-corrected chi connectivity index (χ4v) is 4.04. The number of carbonyl (C=O) groups is 1. The Bertz CT molecular complexity index is 1060. The summed E-state index contributed by atoms with van der Waals surface area (Å²) in [6.07, 6.45) is 6.90. The van der Waals surface area contributed by atoms with Gasteiger partial charge in [0.25, 0.3) is 5.91 Å². The van der Waals surface area contributed by atoms with Gasteiger partial charge in [-0.25, -0.2) is 13.1 Å². The molecule has 0 bridgehead atoms. The van der Waals surface area contributed by atoms with Crippen LogP contribution in [0.1, 0.15) is 34.5 Å². The predicted molar refractivity (Wildman–Crippen MR) is 106 cm³/mol. The number of aromatic nitrogens is 1. The molecule has 2 aromatic heterocycles. The third-order valence-corrected chi connectivity index (χ3v) is 6.17. The molecule has 0 saturated heterocycles. The molecule has 0 spiro atoms. The van der Waals surface area contributed by atoms with Crippen LogP contribution in [-0.4, -0.2) is 30.3 Å².